The van der Waals surface area contributed by atoms with Crippen LogP contribution in [0.1, 0.15) is 34.0 Å². The number of aromatic nitrogens is 2. The van der Waals surface area contributed by atoms with Gasteiger partial charge in [-0.15, -0.1) is 0 Å². The lowest BCUT2D eigenvalue weighted by molar-refractivity contribution is 0.0594. The van der Waals surface area contributed by atoms with E-state index in [-0.39, 0.29) is 23.3 Å². The van der Waals surface area contributed by atoms with Crippen molar-refractivity contribution in [3.63, 3.8) is 0 Å². The van der Waals surface area contributed by atoms with E-state index < -0.39 is 0 Å². The Labute approximate surface area is 210 Å². The van der Waals surface area contributed by atoms with Crippen LogP contribution in [0.4, 0.5) is 5.69 Å². The first-order chi connectivity index (χ1) is 17.7. The van der Waals surface area contributed by atoms with Gasteiger partial charge in [-0.25, -0.2) is 0 Å². The maximum absolute atomic E-state index is 13.4. The molecule has 6 rings (SSSR count). The van der Waals surface area contributed by atoms with E-state index in [2.05, 4.69) is 40.6 Å². The van der Waals surface area contributed by atoms with Gasteiger partial charge in [-0.3, -0.25) is 14.6 Å². The average molecular weight is 477 g/mol. The molecule has 4 heterocycles. The molecule has 0 radical (unpaired) electrons. The normalized spacial score (nSPS) is 18.4. The van der Waals surface area contributed by atoms with E-state index in [1.165, 1.54) is 0 Å². The Bertz CT molecular complexity index is 1430. The monoisotopic (exact) mass is 476 g/mol. The molecule has 0 saturated carbocycles. The van der Waals surface area contributed by atoms with Gasteiger partial charge in [0.15, 0.2) is 0 Å². The maximum Gasteiger partial charge on any atom is 0.274 e. The number of carbonyl (C=O) groups excluding carboxylic acids is 1. The number of nitrogens with zero attached hydrogens (tertiary/aromatic N) is 3. The molecule has 1 saturated heterocycles. The fourth-order valence-electron chi connectivity index (χ4n) is 5.53. The van der Waals surface area contributed by atoms with E-state index in [1.807, 2.05) is 64.1 Å². The summed E-state index contributed by atoms with van der Waals surface area (Å²) in [5.74, 6) is 0.551. The predicted octanol–water partition coefficient (Wildman–Crippen LogP) is 4.78. The topological polar surface area (TPSA) is 67.2 Å². The second-order valence-electron chi connectivity index (χ2n) is 9.73. The molecule has 2 bridgehead atoms. The Hall–Kier alpha value is -4.19. The van der Waals surface area contributed by atoms with Crippen molar-refractivity contribution in [1.29, 1.82) is 0 Å². The molecule has 180 valence electrons. The van der Waals surface area contributed by atoms with E-state index in [0.717, 1.165) is 34.5 Å². The number of hydrogen-bond acceptors (Lipinski definition) is 4. The Kier molecular flexibility index (Phi) is 5.85. The highest BCUT2D eigenvalue weighted by Gasteiger charge is 2.36. The minimum atomic E-state index is 0.0233. The van der Waals surface area contributed by atoms with Gasteiger partial charge in [-0.1, -0.05) is 48.5 Å². The van der Waals surface area contributed by atoms with Gasteiger partial charge in [0.25, 0.3) is 11.5 Å². The molecular weight excluding hydrogens is 448 g/mol. The second kappa shape index (κ2) is 9.46. The van der Waals surface area contributed by atoms with Crippen molar-refractivity contribution >= 4 is 11.6 Å². The number of nitrogens with one attached hydrogen (secondary N) is 1. The van der Waals surface area contributed by atoms with E-state index in [9.17, 15) is 9.59 Å². The molecule has 1 N–H and O–H groups in total. The third-order valence-electron chi connectivity index (χ3n) is 7.31. The van der Waals surface area contributed by atoms with Crippen LogP contribution in [0.5, 0.6) is 0 Å². The molecule has 1 amide bonds. The summed E-state index contributed by atoms with van der Waals surface area (Å²) in [6.07, 6.45) is 2.81. The second-order valence-corrected chi connectivity index (χ2v) is 9.73. The number of anilines is 1. The first kappa shape index (κ1) is 22.3. The Morgan fingerprint density at radius 3 is 2.47 bits per heavy atom. The number of amides is 1. The third-order valence-corrected chi connectivity index (χ3v) is 7.31. The van der Waals surface area contributed by atoms with Crippen molar-refractivity contribution in [3.8, 4) is 11.3 Å². The first-order valence-corrected chi connectivity index (χ1v) is 12.5. The number of pyridine rings is 2. The largest absolute Gasteiger partial charge is 0.377 e. The minimum absolute atomic E-state index is 0.0233. The van der Waals surface area contributed by atoms with Gasteiger partial charge < -0.3 is 14.8 Å². The molecule has 2 aliphatic rings. The summed E-state index contributed by atoms with van der Waals surface area (Å²) in [6, 6.07) is 27.6. The van der Waals surface area contributed by atoms with Gasteiger partial charge in [0.2, 0.25) is 0 Å². The number of fused-ring (bicyclic) bond motifs is 4. The molecule has 36 heavy (non-hydrogen) atoms. The Morgan fingerprint density at radius 1 is 0.889 bits per heavy atom. The van der Waals surface area contributed by atoms with Crippen molar-refractivity contribution < 1.29 is 4.79 Å². The lowest BCUT2D eigenvalue weighted by atomic mass is 9.83. The molecule has 2 aromatic carbocycles. The number of rotatable bonds is 5. The van der Waals surface area contributed by atoms with Gasteiger partial charge in [0.05, 0.1) is 5.69 Å². The van der Waals surface area contributed by atoms with Crippen molar-refractivity contribution in [2.75, 3.05) is 18.4 Å². The zero-order valence-electron chi connectivity index (χ0n) is 20.0. The van der Waals surface area contributed by atoms with Crippen molar-refractivity contribution in [2.45, 2.75) is 25.4 Å². The van der Waals surface area contributed by atoms with Crippen LogP contribution in [0.25, 0.3) is 11.3 Å². The number of carbonyl (C=O) groups is 1. The quantitative estimate of drug-likeness (QED) is 0.450. The molecule has 0 unspecified atom stereocenters. The Balaban J connectivity index is 1.16. The maximum atomic E-state index is 13.4. The van der Waals surface area contributed by atoms with Crippen LogP contribution < -0.4 is 10.9 Å². The first-order valence-electron chi connectivity index (χ1n) is 12.5. The van der Waals surface area contributed by atoms with E-state index >= 15 is 0 Å². The van der Waals surface area contributed by atoms with Crippen molar-refractivity contribution in [1.82, 2.24) is 14.5 Å². The van der Waals surface area contributed by atoms with Gasteiger partial charge in [-0.05, 0) is 54.3 Å². The molecule has 2 aromatic heterocycles. The van der Waals surface area contributed by atoms with Gasteiger partial charge in [-0.2, -0.15) is 0 Å². The van der Waals surface area contributed by atoms with Crippen LogP contribution >= 0.6 is 0 Å². The summed E-state index contributed by atoms with van der Waals surface area (Å²) < 4.78 is 1.93. The van der Waals surface area contributed by atoms with Crippen LogP contribution in [-0.2, 0) is 13.1 Å². The summed E-state index contributed by atoms with van der Waals surface area (Å²) in [7, 11) is 0. The molecular formula is C30H28N4O2. The minimum Gasteiger partial charge on any atom is -0.377 e. The molecule has 0 aliphatic carbocycles. The summed E-state index contributed by atoms with van der Waals surface area (Å²) >= 11 is 0. The molecule has 0 spiro atoms. The highest BCUT2D eigenvalue weighted by molar-refractivity contribution is 5.94. The molecule has 4 aromatic rings. The fraction of sp³-hybridized carbons (Fsp3) is 0.233. The van der Waals surface area contributed by atoms with E-state index in [0.29, 0.717) is 31.9 Å². The molecule has 2 atom stereocenters. The summed E-state index contributed by atoms with van der Waals surface area (Å²) in [5, 5.41) is 3.34. The number of piperidine rings is 1. The molecule has 2 aliphatic heterocycles. The van der Waals surface area contributed by atoms with Crippen molar-refractivity contribution in [3.05, 3.63) is 118 Å². The number of benzene rings is 2. The van der Waals surface area contributed by atoms with Gasteiger partial charge in [0.1, 0.15) is 5.69 Å². The highest BCUT2D eigenvalue weighted by atomic mass is 16.2. The molecule has 1 fully saturated rings. The molecule has 6 nitrogen and oxygen atoms in total. The van der Waals surface area contributed by atoms with Crippen LogP contribution in [-0.4, -0.2) is 33.4 Å². The van der Waals surface area contributed by atoms with E-state index in [4.69, 9.17) is 0 Å². The van der Waals surface area contributed by atoms with Crippen LogP contribution in [0.2, 0.25) is 0 Å². The number of hydrogen-bond donors (Lipinski definition) is 1. The number of likely N-dealkylation sites (tertiary alicyclic amines) is 1. The van der Waals surface area contributed by atoms with Gasteiger partial charge in [0, 0.05) is 55.1 Å². The third kappa shape index (κ3) is 4.31. The van der Waals surface area contributed by atoms with E-state index in [1.54, 1.807) is 6.20 Å². The zero-order chi connectivity index (χ0) is 24.5. The Morgan fingerprint density at radius 2 is 1.69 bits per heavy atom. The van der Waals surface area contributed by atoms with Gasteiger partial charge >= 0.3 is 0 Å². The lowest BCUT2D eigenvalue weighted by Crippen LogP contribution is -2.49. The fourth-order valence-corrected chi connectivity index (χ4v) is 5.53. The SMILES string of the molecule is O=C(c1ccccc1)N1C[C@@H]2C[C@H](C1)c1ccc(NCc3ccc(-c4ccccn4)cc3)c(=O)n1C2. The predicted molar refractivity (Wildman–Crippen MR) is 141 cm³/mol. The zero-order valence-corrected chi connectivity index (χ0v) is 20.0. The van der Waals surface area contributed by atoms with Crippen LogP contribution in [0.15, 0.2) is 95.9 Å². The molecule has 6 heteroatoms. The summed E-state index contributed by atoms with van der Waals surface area (Å²) in [4.78, 5) is 32.7. The summed E-state index contributed by atoms with van der Waals surface area (Å²) in [6.45, 7) is 2.57. The van der Waals surface area contributed by atoms with Crippen LogP contribution in [0, 0.1) is 5.92 Å². The summed E-state index contributed by atoms with van der Waals surface area (Å²) in [5.41, 5.74) is 5.51. The average Bonchev–Trinajstić information content (AvgIpc) is 2.94. The van der Waals surface area contributed by atoms with Crippen LogP contribution in [0.3, 0.4) is 0 Å². The smallest absolute Gasteiger partial charge is 0.274 e. The standard InChI is InChI=1S/C30H28N4O2/c35-29(24-6-2-1-3-7-24)33-18-22-16-25(20-33)28-14-13-27(30(36)34(28)19-22)32-17-21-9-11-23(12-10-21)26-8-4-5-15-31-26/h1-15,22,25,32H,16-20H2/t22-,25+/m0/s1. The lowest BCUT2D eigenvalue weighted by Gasteiger charge is -2.43. The highest BCUT2D eigenvalue weighted by Crippen LogP contribution is 2.36. The van der Waals surface area contributed by atoms with Crippen molar-refractivity contribution in [2.24, 2.45) is 5.92 Å².